The van der Waals surface area contributed by atoms with E-state index in [2.05, 4.69) is 5.32 Å². The Balaban J connectivity index is 2.03. The Hall–Kier alpha value is -2.16. The fourth-order valence-corrected chi connectivity index (χ4v) is 1.70. The molecule has 18 heavy (non-hydrogen) atoms. The van der Waals surface area contributed by atoms with Gasteiger partial charge in [0.05, 0.1) is 12.1 Å². The third kappa shape index (κ3) is 3.17. The summed E-state index contributed by atoms with van der Waals surface area (Å²) in [6, 6.07) is 14.1. The summed E-state index contributed by atoms with van der Waals surface area (Å²) < 4.78 is 13.5. The van der Waals surface area contributed by atoms with Crippen molar-refractivity contribution in [3.8, 4) is 0 Å². The zero-order chi connectivity index (χ0) is 13.0. The molecule has 0 aliphatic rings. The molecule has 0 atom stereocenters. The topological polar surface area (TPSA) is 29.1 Å². The molecular formula is C15H14FNO. The molecule has 0 unspecified atom stereocenters. The first kappa shape index (κ1) is 12.3. The van der Waals surface area contributed by atoms with E-state index in [-0.39, 0.29) is 18.0 Å². The number of nitrogens with one attached hydrogen (secondary N) is 1. The summed E-state index contributed by atoms with van der Waals surface area (Å²) in [4.78, 5) is 11.7. The molecule has 3 heteroatoms. The van der Waals surface area contributed by atoms with Crippen molar-refractivity contribution >= 4 is 11.6 Å². The predicted molar refractivity (Wildman–Crippen MR) is 69.9 cm³/mol. The average Bonchev–Trinajstić information content (AvgIpc) is 2.34. The van der Waals surface area contributed by atoms with E-state index in [1.807, 2.05) is 30.3 Å². The van der Waals surface area contributed by atoms with Crippen LogP contribution in [0, 0.1) is 12.7 Å². The van der Waals surface area contributed by atoms with E-state index in [0.29, 0.717) is 0 Å². The molecular weight excluding hydrogens is 229 g/mol. The SMILES string of the molecule is Cc1ccc(NC(=O)Cc2ccccc2)c(F)c1. The first-order chi connectivity index (χ1) is 8.65. The maximum absolute atomic E-state index is 13.5. The Morgan fingerprint density at radius 2 is 1.89 bits per heavy atom. The lowest BCUT2D eigenvalue weighted by Crippen LogP contribution is -2.15. The maximum atomic E-state index is 13.5. The van der Waals surface area contributed by atoms with E-state index in [1.165, 1.54) is 6.07 Å². The van der Waals surface area contributed by atoms with Crippen LogP contribution >= 0.6 is 0 Å². The zero-order valence-corrected chi connectivity index (χ0v) is 10.1. The van der Waals surface area contributed by atoms with Crippen LogP contribution in [0.25, 0.3) is 0 Å². The summed E-state index contributed by atoms with van der Waals surface area (Å²) in [6.45, 7) is 1.80. The van der Waals surface area contributed by atoms with Gasteiger partial charge in [-0.2, -0.15) is 0 Å². The van der Waals surface area contributed by atoms with Gasteiger partial charge in [0.1, 0.15) is 5.82 Å². The van der Waals surface area contributed by atoms with Gasteiger partial charge in [-0.25, -0.2) is 4.39 Å². The number of halogens is 1. The van der Waals surface area contributed by atoms with Crippen molar-refractivity contribution in [3.05, 3.63) is 65.5 Å². The minimum atomic E-state index is -0.406. The number of benzene rings is 2. The van der Waals surface area contributed by atoms with E-state index in [4.69, 9.17) is 0 Å². The minimum Gasteiger partial charge on any atom is -0.323 e. The monoisotopic (exact) mass is 243 g/mol. The average molecular weight is 243 g/mol. The van der Waals surface area contributed by atoms with Gasteiger partial charge in [0.15, 0.2) is 0 Å². The molecule has 92 valence electrons. The molecule has 0 heterocycles. The Labute approximate surface area is 105 Å². The van der Waals surface area contributed by atoms with Crippen LogP contribution in [-0.4, -0.2) is 5.91 Å². The van der Waals surface area contributed by atoms with Gasteiger partial charge in [0.25, 0.3) is 0 Å². The van der Waals surface area contributed by atoms with Crippen LogP contribution in [0.2, 0.25) is 0 Å². The van der Waals surface area contributed by atoms with Crippen molar-refractivity contribution in [2.75, 3.05) is 5.32 Å². The maximum Gasteiger partial charge on any atom is 0.228 e. The lowest BCUT2D eigenvalue weighted by Gasteiger charge is -2.07. The Kier molecular flexibility index (Phi) is 3.72. The second-order valence-electron chi connectivity index (χ2n) is 4.19. The molecule has 0 radical (unpaired) electrons. The first-order valence-electron chi connectivity index (χ1n) is 5.75. The number of hydrogen-bond acceptors (Lipinski definition) is 1. The third-order valence-electron chi connectivity index (χ3n) is 2.61. The fourth-order valence-electron chi connectivity index (χ4n) is 1.70. The third-order valence-corrected chi connectivity index (χ3v) is 2.61. The number of carbonyl (C=O) groups excluding carboxylic acids is 1. The van der Waals surface area contributed by atoms with Crippen molar-refractivity contribution in [1.29, 1.82) is 0 Å². The molecule has 0 aliphatic carbocycles. The van der Waals surface area contributed by atoms with Crippen LogP contribution in [0.4, 0.5) is 10.1 Å². The smallest absolute Gasteiger partial charge is 0.228 e. The van der Waals surface area contributed by atoms with Gasteiger partial charge in [-0.1, -0.05) is 36.4 Å². The van der Waals surface area contributed by atoms with Crippen LogP contribution in [0.3, 0.4) is 0 Å². The molecule has 0 aromatic heterocycles. The lowest BCUT2D eigenvalue weighted by atomic mass is 10.1. The summed E-state index contributed by atoms with van der Waals surface area (Å²) >= 11 is 0. The highest BCUT2D eigenvalue weighted by Crippen LogP contribution is 2.15. The molecule has 0 bridgehead atoms. The van der Waals surface area contributed by atoms with Crippen molar-refractivity contribution < 1.29 is 9.18 Å². The lowest BCUT2D eigenvalue weighted by molar-refractivity contribution is -0.115. The zero-order valence-electron chi connectivity index (χ0n) is 10.1. The highest BCUT2D eigenvalue weighted by molar-refractivity contribution is 5.92. The molecule has 0 saturated heterocycles. The van der Waals surface area contributed by atoms with Gasteiger partial charge in [-0.15, -0.1) is 0 Å². The minimum absolute atomic E-state index is 0.219. The number of amides is 1. The second kappa shape index (κ2) is 5.45. The standard InChI is InChI=1S/C15H14FNO/c1-11-7-8-14(13(16)9-11)17-15(18)10-12-5-3-2-4-6-12/h2-9H,10H2,1H3,(H,17,18). The molecule has 1 N–H and O–H groups in total. The van der Waals surface area contributed by atoms with Gasteiger partial charge in [0, 0.05) is 0 Å². The fraction of sp³-hybridized carbons (Fsp3) is 0.133. The quantitative estimate of drug-likeness (QED) is 0.880. The molecule has 2 nitrogen and oxygen atoms in total. The molecule has 0 saturated carbocycles. The Morgan fingerprint density at radius 3 is 2.56 bits per heavy atom. The van der Waals surface area contributed by atoms with Gasteiger partial charge >= 0.3 is 0 Å². The van der Waals surface area contributed by atoms with E-state index in [0.717, 1.165) is 11.1 Å². The largest absolute Gasteiger partial charge is 0.323 e. The van der Waals surface area contributed by atoms with Crippen LogP contribution in [0.1, 0.15) is 11.1 Å². The van der Waals surface area contributed by atoms with Crippen molar-refractivity contribution in [1.82, 2.24) is 0 Å². The van der Waals surface area contributed by atoms with Gasteiger partial charge < -0.3 is 5.32 Å². The van der Waals surface area contributed by atoms with Crippen molar-refractivity contribution in [2.24, 2.45) is 0 Å². The summed E-state index contributed by atoms with van der Waals surface area (Å²) in [5.74, 6) is -0.625. The number of hydrogen-bond donors (Lipinski definition) is 1. The normalized spacial score (nSPS) is 10.1. The number of anilines is 1. The summed E-state index contributed by atoms with van der Waals surface area (Å²) in [5, 5.41) is 2.57. The summed E-state index contributed by atoms with van der Waals surface area (Å²) in [5.41, 5.74) is 1.96. The molecule has 0 aliphatic heterocycles. The second-order valence-corrected chi connectivity index (χ2v) is 4.19. The van der Waals surface area contributed by atoms with Gasteiger partial charge in [-0.05, 0) is 30.2 Å². The Morgan fingerprint density at radius 1 is 1.17 bits per heavy atom. The molecule has 1 amide bonds. The van der Waals surface area contributed by atoms with E-state index >= 15 is 0 Å². The number of aryl methyl sites for hydroxylation is 1. The molecule has 0 fully saturated rings. The molecule has 2 rings (SSSR count). The van der Waals surface area contributed by atoms with E-state index in [1.54, 1.807) is 19.1 Å². The molecule has 0 spiro atoms. The van der Waals surface area contributed by atoms with E-state index < -0.39 is 5.82 Å². The van der Waals surface area contributed by atoms with Crippen molar-refractivity contribution in [2.45, 2.75) is 13.3 Å². The van der Waals surface area contributed by atoms with Gasteiger partial charge in [0.2, 0.25) is 5.91 Å². The summed E-state index contributed by atoms with van der Waals surface area (Å²) in [7, 11) is 0. The van der Waals surface area contributed by atoms with Crippen LogP contribution < -0.4 is 5.32 Å². The highest BCUT2D eigenvalue weighted by Gasteiger charge is 2.07. The van der Waals surface area contributed by atoms with Crippen LogP contribution in [0.5, 0.6) is 0 Å². The number of carbonyl (C=O) groups is 1. The summed E-state index contributed by atoms with van der Waals surface area (Å²) in [6.07, 6.45) is 0.244. The van der Waals surface area contributed by atoms with Crippen molar-refractivity contribution in [3.63, 3.8) is 0 Å². The van der Waals surface area contributed by atoms with Crippen LogP contribution in [0.15, 0.2) is 48.5 Å². The first-order valence-corrected chi connectivity index (χ1v) is 5.75. The molecule has 2 aromatic rings. The predicted octanol–water partition coefficient (Wildman–Crippen LogP) is 3.32. The number of rotatable bonds is 3. The van der Waals surface area contributed by atoms with Crippen LogP contribution in [-0.2, 0) is 11.2 Å². The molecule has 2 aromatic carbocycles. The Bertz CT molecular complexity index is 552. The highest BCUT2D eigenvalue weighted by atomic mass is 19.1. The van der Waals surface area contributed by atoms with Gasteiger partial charge in [-0.3, -0.25) is 4.79 Å². The van der Waals surface area contributed by atoms with E-state index in [9.17, 15) is 9.18 Å².